The average molecular weight is 285 g/mol. The van der Waals surface area contributed by atoms with Gasteiger partial charge in [0.2, 0.25) is 0 Å². The molecule has 0 nitrogen and oxygen atoms in total. The third-order valence-corrected chi connectivity index (χ3v) is 3.74. The van der Waals surface area contributed by atoms with Crippen LogP contribution in [0.3, 0.4) is 0 Å². The summed E-state index contributed by atoms with van der Waals surface area (Å²) in [5.74, 6) is 0. The first-order chi connectivity index (χ1) is 8.27. The molecule has 3 aromatic carbocycles. The molecule has 3 aromatic rings. The second-order valence-electron chi connectivity index (χ2n) is 4.35. The Bertz CT molecular complexity index is 683. The lowest BCUT2D eigenvalue weighted by Gasteiger charge is -2.10. The number of hydrogen-bond acceptors (Lipinski definition) is 0. The first-order valence-corrected chi connectivity index (χ1v) is 6.73. The second kappa shape index (κ2) is 4.15. The summed E-state index contributed by atoms with van der Waals surface area (Å²) in [6.07, 6.45) is 0. The van der Waals surface area contributed by atoms with Crippen LogP contribution < -0.4 is 0 Å². The number of alkyl halides is 1. The lowest BCUT2D eigenvalue weighted by molar-refractivity contribution is 1.14. The molecule has 1 unspecified atom stereocenters. The number of hydrogen-bond donors (Lipinski definition) is 0. The normalized spacial score (nSPS) is 13.1. The highest BCUT2D eigenvalue weighted by atomic mass is 79.9. The van der Waals surface area contributed by atoms with Crippen molar-refractivity contribution in [2.24, 2.45) is 0 Å². The minimum absolute atomic E-state index is 0.382. The maximum absolute atomic E-state index is 3.67. The van der Waals surface area contributed by atoms with Crippen LogP contribution in [0.5, 0.6) is 0 Å². The SMILES string of the molecule is CC(Br)c1cccc2c1ccc1ccccc12. The predicted octanol–water partition coefficient (Wildman–Crippen LogP) is 5.45. The average Bonchev–Trinajstić information content (AvgIpc) is 2.37. The smallest absolute Gasteiger partial charge is 0.0373 e. The van der Waals surface area contributed by atoms with Crippen LogP contribution in [0.2, 0.25) is 0 Å². The van der Waals surface area contributed by atoms with E-state index in [2.05, 4.69) is 77.5 Å². The van der Waals surface area contributed by atoms with Gasteiger partial charge in [-0.1, -0.05) is 70.5 Å². The van der Waals surface area contributed by atoms with Gasteiger partial charge in [0.1, 0.15) is 0 Å². The van der Waals surface area contributed by atoms with Crippen LogP contribution in [0, 0.1) is 0 Å². The topological polar surface area (TPSA) is 0 Å². The van der Waals surface area contributed by atoms with E-state index in [1.54, 1.807) is 0 Å². The van der Waals surface area contributed by atoms with Gasteiger partial charge >= 0.3 is 0 Å². The van der Waals surface area contributed by atoms with Crippen LogP contribution in [0.1, 0.15) is 17.3 Å². The highest BCUT2D eigenvalue weighted by Crippen LogP contribution is 2.33. The molecule has 0 saturated carbocycles. The van der Waals surface area contributed by atoms with E-state index < -0.39 is 0 Å². The molecule has 0 fully saturated rings. The molecule has 1 atom stereocenters. The Balaban J connectivity index is 2.48. The third kappa shape index (κ3) is 1.75. The molecule has 0 aromatic heterocycles. The van der Waals surface area contributed by atoms with E-state index in [0.29, 0.717) is 4.83 Å². The van der Waals surface area contributed by atoms with E-state index in [0.717, 1.165) is 0 Å². The molecule has 3 rings (SSSR count). The van der Waals surface area contributed by atoms with Crippen molar-refractivity contribution >= 4 is 37.5 Å². The largest absolute Gasteiger partial charge is 0.0842 e. The van der Waals surface area contributed by atoms with Gasteiger partial charge in [-0.2, -0.15) is 0 Å². The molecule has 0 spiro atoms. The molecular weight excluding hydrogens is 272 g/mol. The zero-order valence-corrected chi connectivity index (χ0v) is 11.2. The molecule has 0 heterocycles. The lowest BCUT2D eigenvalue weighted by atomic mass is 9.97. The standard InChI is InChI=1S/C16H13Br/c1-11(17)13-7-4-8-15-14-6-3-2-5-12(14)9-10-16(13)15/h2-11H,1H3. The number of rotatable bonds is 1. The summed E-state index contributed by atoms with van der Waals surface area (Å²) in [4.78, 5) is 0.382. The number of benzene rings is 3. The fraction of sp³-hybridized carbons (Fsp3) is 0.125. The van der Waals surface area contributed by atoms with Crippen LogP contribution in [0.15, 0.2) is 54.6 Å². The van der Waals surface area contributed by atoms with E-state index in [1.807, 2.05) is 0 Å². The van der Waals surface area contributed by atoms with E-state index in [1.165, 1.54) is 27.1 Å². The molecular formula is C16H13Br. The molecule has 17 heavy (non-hydrogen) atoms. The fourth-order valence-corrected chi connectivity index (χ4v) is 2.81. The van der Waals surface area contributed by atoms with Crippen molar-refractivity contribution in [3.8, 4) is 0 Å². The maximum atomic E-state index is 3.67. The van der Waals surface area contributed by atoms with Crippen LogP contribution in [-0.2, 0) is 0 Å². The van der Waals surface area contributed by atoms with E-state index in [9.17, 15) is 0 Å². The van der Waals surface area contributed by atoms with Crippen LogP contribution in [-0.4, -0.2) is 0 Å². The summed E-state index contributed by atoms with van der Waals surface area (Å²) in [5.41, 5.74) is 1.35. The van der Waals surface area contributed by atoms with Gasteiger partial charge in [-0.3, -0.25) is 0 Å². The minimum atomic E-state index is 0.382. The van der Waals surface area contributed by atoms with Crippen LogP contribution in [0.4, 0.5) is 0 Å². The summed E-state index contributed by atoms with van der Waals surface area (Å²) < 4.78 is 0. The van der Waals surface area contributed by atoms with Gasteiger partial charge in [-0.25, -0.2) is 0 Å². The van der Waals surface area contributed by atoms with E-state index in [-0.39, 0.29) is 0 Å². The molecule has 0 radical (unpaired) electrons. The summed E-state index contributed by atoms with van der Waals surface area (Å²) in [6.45, 7) is 2.17. The predicted molar refractivity (Wildman–Crippen MR) is 78.8 cm³/mol. The van der Waals surface area contributed by atoms with Crippen molar-refractivity contribution in [3.63, 3.8) is 0 Å². The molecule has 0 saturated heterocycles. The van der Waals surface area contributed by atoms with Crippen molar-refractivity contribution in [1.29, 1.82) is 0 Å². The Hall–Kier alpha value is -1.34. The Morgan fingerprint density at radius 3 is 2.35 bits per heavy atom. The van der Waals surface area contributed by atoms with Gasteiger partial charge in [0.25, 0.3) is 0 Å². The third-order valence-electron chi connectivity index (χ3n) is 3.25. The first kappa shape index (κ1) is 10.8. The monoisotopic (exact) mass is 284 g/mol. The zero-order valence-electron chi connectivity index (χ0n) is 9.65. The van der Waals surface area contributed by atoms with Gasteiger partial charge in [0.15, 0.2) is 0 Å². The Labute approximate surface area is 109 Å². The Kier molecular flexibility index (Phi) is 2.64. The number of fused-ring (bicyclic) bond motifs is 3. The molecule has 1 heteroatoms. The van der Waals surface area contributed by atoms with Gasteiger partial charge in [-0.05, 0) is 34.0 Å². The number of halogens is 1. The van der Waals surface area contributed by atoms with Gasteiger partial charge in [0.05, 0.1) is 0 Å². The second-order valence-corrected chi connectivity index (χ2v) is 5.72. The Morgan fingerprint density at radius 2 is 1.53 bits per heavy atom. The van der Waals surface area contributed by atoms with Gasteiger partial charge < -0.3 is 0 Å². The van der Waals surface area contributed by atoms with E-state index in [4.69, 9.17) is 0 Å². The van der Waals surface area contributed by atoms with Crippen LogP contribution in [0.25, 0.3) is 21.5 Å². The molecule has 0 N–H and O–H groups in total. The minimum Gasteiger partial charge on any atom is -0.0842 e. The molecule has 0 bridgehead atoms. The summed E-state index contributed by atoms with van der Waals surface area (Å²) in [5, 5.41) is 5.32. The van der Waals surface area contributed by atoms with E-state index >= 15 is 0 Å². The van der Waals surface area contributed by atoms with Crippen molar-refractivity contribution in [2.45, 2.75) is 11.8 Å². The maximum Gasteiger partial charge on any atom is 0.0373 e. The first-order valence-electron chi connectivity index (χ1n) is 5.82. The molecule has 84 valence electrons. The lowest BCUT2D eigenvalue weighted by Crippen LogP contribution is -1.87. The molecule has 0 amide bonds. The van der Waals surface area contributed by atoms with Crippen molar-refractivity contribution in [3.05, 3.63) is 60.2 Å². The van der Waals surface area contributed by atoms with Crippen molar-refractivity contribution in [2.75, 3.05) is 0 Å². The Morgan fingerprint density at radius 1 is 0.765 bits per heavy atom. The molecule has 0 aliphatic rings. The van der Waals surface area contributed by atoms with Gasteiger partial charge in [-0.15, -0.1) is 0 Å². The van der Waals surface area contributed by atoms with Crippen molar-refractivity contribution < 1.29 is 0 Å². The summed E-state index contributed by atoms with van der Waals surface area (Å²) >= 11 is 3.67. The fourth-order valence-electron chi connectivity index (χ4n) is 2.41. The van der Waals surface area contributed by atoms with Crippen molar-refractivity contribution in [1.82, 2.24) is 0 Å². The molecule has 0 aliphatic heterocycles. The molecule has 0 aliphatic carbocycles. The van der Waals surface area contributed by atoms with Crippen LogP contribution >= 0.6 is 15.9 Å². The summed E-state index contributed by atoms with van der Waals surface area (Å²) in [7, 11) is 0. The summed E-state index contributed by atoms with van der Waals surface area (Å²) in [6, 6.07) is 19.5. The van der Waals surface area contributed by atoms with Gasteiger partial charge in [0, 0.05) is 4.83 Å². The highest BCUT2D eigenvalue weighted by molar-refractivity contribution is 9.09. The quantitative estimate of drug-likeness (QED) is 0.412. The highest BCUT2D eigenvalue weighted by Gasteiger charge is 2.07. The zero-order chi connectivity index (χ0) is 11.8.